The molecule has 0 amide bonds. The van der Waals surface area contributed by atoms with Crippen LogP contribution in [-0.4, -0.2) is 51.3 Å². The van der Waals surface area contributed by atoms with Crippen molar-refractivity contribution in [1.29, 1.82) is 0 Å². The number of rotatable bonds is 20. The molecule has 0 bridgehead atoms. The molecule has 8 nitrogen and oxygen atoms in total. The zero-order chi connectivity index (χ0) is 25.9. The molecule has 0 radical (unpaired) electrons. The van der Waals surface area contributed by atoms with E-state index in [0.717, 1.165) is 77.0 Å². The molecule has 0 aromatic heterocycles. The van der Waals surface area contributed by atoms with E-state index in [9.17, 15) is 19.2 Å². The van der Waals surface area contributed by atoms with Gasteiger partial charge in [0.05, 0.1) is 27.4 Å². The van der Waals surface area contributed by atoms with Gasteiger partial charge in [0.2, 0.25) is 0 Å². The predicted molar refractivity (Wildman–Crippen MR) is 131 cm³/mol. The number of hydrogen-bond donors (Lipinski definition) is 0. The largest absolute Gasteiger partial charge is 0.469 e. The summed E-state index contributed by atoms with van der Waals surface area (Å²) < 4.78 is 18.8. The first-order chi connectivity index (χ1) is 16.4. The Bertz CT molecular complexity index is 473. The average Bonchev–Trinajstić information content (AvgIpc) is 2.82. The van der Waals surface area contributed by atoms with Gasteiger partial charge in [-0.25, -0.2) is 0 Å². The highest BCUT2D eigenvalue weighted by molar-refractivity contribution is 5.70. The second-order valence-electron chi connectivity index (χ2n) is 8.00. The third-order valence-electron chi connectivity index (χ3n) is 5.09. The van der Waals surface area contributed by atoms with Crippen LogP contribution in [0, 0.1) is 0 Å². The molecule has 0 saturated carbocycles. The lowest BCUT2D eigenvalue weighted by Gasteiger charge is -2.03. The highest BCUT2D eigenvalue weighted by atomic mass is 16.5. The average molecular weight is 489 g/mol. The second kappa shape index (κ2) is 27.1. The zero-order valence-electron chi connectivity index (χ0n) is 22.0. The summed E-state index contributed by atoms with van der Waals surface area (Å²) in [7, 11) is 2.82. The van der Waals surface area contributed by atoms with Gasteiger partial charge < -0.3 is 18.9 Å². The minimum atomic E-state index is -0.134. The third kappa shape index (κ3) is 27.9. The van der Waals surface area contributed by atoms with E-state index in [1.165, 1.54) is 14.2 Å². The molecule has 0 aliphatic rings. The third-order valence-corrected chi connectivity index (χ3v) is 5.09. The molecule has 0 saturated heterocycles. The number of carbonyl (C=O) groups excluding carboxylic acids is 4. The van der Waals surface area contributed by atoms with Crippen molar-refractivity contribution in [3.63, 3.8) is 0 Å². The van der Waals surface area contributed by atoms with Crippen molar-refractivity contribution in [3.05, 3.63) is 0 Å². The van der Waals surface area contributed by atoms with Crippen molar-refractivity contribution in [3.8, 4) is 0 Å². The standard InChI is InChI=1S/C14H26O4.C12H22O4/c1-3-17-13(15)11-9-7-5-6-8-10-12-14(16)18-4-2;1-15-11(13)9-7-5-3-4-6-8-10-12(14)16-2/h3-12H2,1-2H3;3-10H2,1-2H3. The fraction of sp³-hybridized carbons (Fsp3) is 0.846. The van der Waals surface area contributed by atoms with Crippen molar-refractivity contribution in [2.24, 2.45) is 0 Å². The van der Waals surface area contributed by atoms with Gasteiger partial charge >= 0.3 is 23.9 Å². The lowest BCUT2D eigenvalue weighted by molar-refractivity contribution is -0.144. The number of esters is 4. The van der Waals surface area contributed by atoms with Crippen LogP contribution in [0.2, 0.25) is 0 Å². The van der Waals surface area contributed by atoms with E-state index in [1.54, 1.807) is 0 Å². The van der Waals surface area contributed by atoms with Gasteiger partial charge in [0.1, 0.15) is 0 Å². The van der Waals surface area contributed by atoms with Crippen LogP contribution in [-0.2, 0) is 38.1 Å². The lowest BCUT2D eigenvalue weighted by atomic mass is 10.1. The molecule has 0 heterocycles. The van der Waals surface area contributed by atoms with Crippen LogP contribution in [0.4, 0.5) is 0 Å². The molecule has 200 valence electrons. The fourth-order valence-electron chi connectivity index (χ4n) is 3.16. The van der Waals surface area contributed by atoms with Gasteiger partial charge in [-0.1, -0.05) is 51.4 Å². The molecule has 0 rings (SSSR count). The normalized spacial score (nSPS) is 10.0. The van der Waals surface area contributed by atoms with Gasteiger partial charge in [-0.3, -0.25) is 19.2 Å². The molecule has 0 aromatic carbocycles. The zero-order valence-corrected chi connectivity index (χ0v) is 22.0. The molecule has 34 heavy (non-hydrogen) atoms. The molecular formula is C26H48O8. The van der Waals surface area contributed by atoms with Crippen LogP contribution in [0.1, 0.15) is 117 Å². The summed E-state index contributed by atoms with van der Waals surface area (Å²) in [5.41, 5.74) is 0. The minimum Gasteiger partial charge on any atom is -0.469 e. The van der Waals surface area contributed by atoms with Gasteiger partial charge in [-0.05, 0) is 39.5 Å². The highest BCUT2D eigenvalue weighted by Gasteiger charge is 2.03. The monoisotopic (exact) mass is 488 g/mol. The summed E-state index contributed by atoms with van der Waals surface area (Å²) in [4.78, 5) is 43.6. The number of hydrogen-bond acceptors (Lipinski definition) is 8. The first-order valence-electron chi connectivity index (χ1n) is 12.9. The van der Waals surface area contributed by atoms with Crippen LogP contribution in [0.5, 0.6) is 0 Å². The Morgan fingerprint density at radius 1 is 0.412 bits per heavy atom. The molecule has 0 aliphatic carbocycles. The van der Waals surface area contributed by atoms with E-state index >= 15 is 0 Å². The summed E-state index contributed by atoms with van der Waals surface area (Å²) in [6.45, 7) is 4.57. The van der Waals surface area contributed by atoms with Crippen LogP contribution in [0.15, 0.2) is 0 Å². The van der Waals surface area contributed by atoms with Crippen LogP contribution < -0.4 is 0 Å². The van der Waals surface area contributed by atoms with E-state index in [4.69, 9.17) is 9.47 Å². The maximum Gasteiger partial charge on any atom is 0.305 e. The summed E-state index contributed by atoms with van der Waals surface area (Å²) in [6.07, 6.45) is 14.3. The van der Waals surface area contributed by atoms with E-state index in [1.807, 2.05) is 13.8 Å². The molecule has 0 atom stereocenters. The summed E-state index contributed by atoms with van der Waals surface area (Å²) in [6, 6.07) is 0. The number of ether oxygens (including phenoxy) is 4. The Morgan fingerprint density at radius 3 is 0.882 bits per heavy atom. The van der Waals surface area contributed by atoms with Crippen LogP contribution in [0.25, 0.3) is 0 Å². The van der Waals surface area contributed by atoms with E-state index in [0.29, 0.717) is 38.9 Å². The molecule has 0 aliphatic heterocycles. The van der Waals surface area contributed by atoms with E-state index in [2.05, 4.69) is 9.47 Å². The van der Waals surface area contributed by atoms with Gasteiger partial charge in [0, 0.05) is 25.7 Å². The first-order valence-corrected chi connectivity index (χ1v) is 12.9. The molecular weight excluding hydrogens is 440 g/mol. The van der Waals surface area contributed by atoms with Crippen molar-refractivity contribution in [2.75, 3.05) is 27.4 Å². The highest BCUT2D eigenvalue weighted by Crippen LogP contribution is 2.10. The Balaban J connectivity index is 0. The van der Waals surface area contributed by atoms with Gasteiger partial charge in [-0.2, -0.15) is 0 Å². The van der Waals surface area contributed by atoms with Gasteiger partial charge in [0.15, 0.2) is 0 Å². The molecule has 0 aromatic rings. The fourth-order valence-corrected chi connectivity index (χ4v) is 3.16. The minimum absolute atomic E-state index is 0.0974. The Kier molecular flexibility index (Phi) is 27.2. The quantitative estimate of drug-likeness (QED) is 0.122. The Morgan fingerprint density at radius 2 is 0.647 bits per heavy atom. The molecule has 0 spiro atoms. The summed E-state index contributed by atoms with van der Waals surface area (Å²) in [5, 5.41) is 0. The number of methoxy groups -OCH3 is 2. The Labute approximate surface area is 206 Å². The van der Waals surface area contributed by atoms with Crippen LogP contribution >= 0.6 is 0 Å². The lowest BCUT2D eigenvalue weighted by Crippen LogP contribution is -2.03. The van der Waals surface area contributed by atoms with Crippen molar-refractivity contribution < 1.29 is 38.1 Å². The molecule has 8 heteroatoms. The maximum absolute atomic E-state index is 11.0. The van der Waals surface area contributed by atoms with Crippen LogP contribution in [0.3, 0.4) is 0 Å². The van der Waals surface area contributed by atoms with Crippen molar-refractivity contribution in [1.82, 2.24) is 0 Å². The topological polar surface area (TPSA) is 105 Å². The number of carbonyl (C=O) groups is 4. The molecule has 0 fully saturated rings. The smallest absolute Gasteiger partial charge is 0.305 e. The Hall–Kier alpha value is -2.12. The summed E-state index contributed by atoms with van der Waals surface area (Å²) >= 11 is 0. The van der Waals surface area contributed by atoms with E-state index < -0.39 is 0 Å². The molecule has 0 unspecified atom stereocenters. The SMILES string of the molecule is CCOC(=O)CCCCCCCCC(=O)OCC.COC(=O)CCCCCCCCC(=O)OC. The van der Waals surface area contributed by atoms with E-state index in [-0.39, 0.29) is 23.9 Å². The molecule has 0 N–H and O–H groups in total. The van der Waals surface area contributed by atoms with Gasteiger partial charge in [0.25, 0.3) is 0 Å². The first kappa shape index (κ1) is 34.0. The van der Waals surface area contributed by atoms with Gasteiger partial charge in [-0.15, -0.1) is 0 Å². The van der Waals surface area contributed by atoms with Crippen molar-refractivity contribution in [2.45, 2.75) is 117 Å². The maximum atomic E-state index is 11.0. The number of unbranched alkanes of at least 4 members (excludes halogenated alkanes) is 10. The predicted octanol–water partition coefficient (Wildman–Crippen LogP) is 5.69. The van der Waals surface area contributed by atoms with Crippen molar-refractivity contribution >= 4 is 23.9 Å². The second-order valence-corrected chi connectivity index (χ2v) is 8.00. The summed E-state index contributed by atoms with van der Waals surface area (Å²) in [5.74, 6) is -0.462.